The van der Waals surface area contributed by atoms with E-state index in [-0.39, 0.29) is 43.9 Å². The Labute approximate surface area is 243 Å². The number of hydrazine groups is 1. The summed E-state index contributed by atoms with van der Waals surface area (Å²) in [5.41, 5.74) is 0.480. The standard InChI is InChI=1S/C24H40N4O9PS2/c1-8-23(6,19(33)25-13-15(2)29)14-24(7,20(34)40(38)27-26-21(35)36-22(3,4)5)39-12-11-18(32)37-28-16(30)9-10-17(28)31/h15,27,29H,8-14H2,1-7H3,(H,25,33)(H,26,35)/q-1. The SMILES string of the molecule is CCC(C)(CC(C)(SCCC(=O)ON1C(=O)CCC1=O)C(=O)[S-](#P)NNC(=O)OC(C)(C)C)C(=O)NCC(C)O. The van der Waals surface area contributed by atoms with Crippen LogP contribution in [-0.4, -0.2) is 73.8 Å². The van der Waals surface area contributed by atoms with Crippen LogP contribution in [0.5, 0.6) is 0 Å². The molecule has 1 heterocycles. The van der Waals surface area contributed by atoms with E-state index in [1.807, 2.05) is 0 Å². The quantitative estimate of drug-likeness (QED) is 0.102. The van der Waals surface area contributed by atoms with Crippen LogP contribution >= 0.6 is 19.6 Å². The van der Waals surface area contributed by atoms with Gasteiger partial charge in [-0.1, -0.05) is 0 Å². The van der Waals surface area contributed by atoms with Crippen LogP contribution in [0.25, 0.3) is 0 Å². The van der Waals surface area contributed by atoms with Crippen LogP contribution in [0.2, 0.25) is 0 Å². The molecule has 1 aliphatic heterocycles. The first-order valence-corrected chi connectivity index (χ1v) is 16.0. The van der Waals surface area contributed by atoms with Gasteiger partial charge in [0.15, 0.2) is 0 Å². The van der Waals surface area contributed by atoms with Gasteiger partial charge in [0.05, 0.1) is 0 Å². The van der Waals surface area contributed by atoms with Crippen LogP contribution in [0.15, 0.2) is 0 Å². The molecule has 1 aliphatic rings. The van der Waals surface area contributed by atoms with E-state index >= 15 is 0 Å². The number of hydrogen-bond donors (Lipinski definition) is 4. The van der Waals surface area contributed by atoms with Gasteiger partial charge in [-0.3, -0.25) is 0 Å². The molecule has 13 nitrogen and oxygen atoms in total. The van der Waals surface area contributed by atoms with Crippen LogP contribution < -0.4 is 15.6 Å². The summed E-state index contributed by atoms with van der Waals surface area (Å²) in [6.07, 6.45) is -1.49. The molecule has 16 heteroatoms. The summed E-state index contributed by atoms with van der Waals surface area (Å²) in [4.78, 5) is 82.0. The second kappa shape index (κ2) is 15.3. The number of hydroxylamine groups is 2. The number of ether oxygens (including phenoxy) is 1. The molecule has 0 spiro atoms. The Balaban J connectivity index is 3.05. The van der Waals surface area contributed by atoms with E-state index in [2.05, 4.69) is 23.4 Å². The number of rotatable bonds is 13. The summed E-state index contributed by atoms with van der Waals surface area (Å²) >= 11 is 1.08. The van der Waals surface area contributed by atoms with Gasteiger partial charge in [0.25, 0.3) is 0 Å². The second-order valence-electron chi connectivity index (χ2n) is 10.8. The normalized spacial score (nSPS) is 17.6. The number of aliphatic hydroxyl groups is 1. The molecule has 0 aromatic carbocycles. The molecular formula is C24H40N4O9PS2-. The monoisotopic (exact) mass is 623 g/mol. The second-order valence-corrected chi connectivity index (χ2v) is 14.7. The average molecular weight is 624 g/mol. The van der Waals surface area contributed by atoms with Crippen molar-refractivity contribution in [3.8, 4) is 0 Å². The van der Waals surface area contributed by atoms with Gasteiger partial charge in [-0.2, -0.15) is 0 Å². The number of nitrogens with zero attached hydrogens (tertiary/aromatic N) is 1. The van der Waals surface area contributed by atoms with Gasteiger partial charge in [0, 0.05) is 0 Å². The van der Waals surface area contributed by atoms with Crippen molar-refractivity contribution in [2.75, 3.05) is 12.3 Å². The third-order valence-electron chi connectivity index (χ3n) is 5.80. The summed E-state index contributed by atoms with van der Waals surface area (Å²) in [5, 5.41) is 12.3. The van der Waals surface area contributed by atoms with Crippen molar-refractivity contribution in [1.82, 2.24) is 20.6 Å². The van der Waals surface area contributed by atoms with E-state index in [4.69, 9.17) is 9.57 Å². The van der Waals surface area contributed by atoms with Crippen molar-refractivity contribution >= 4 is 64.5 Å². The average Bonchev–Trinajstić information content (AvgIpc) is 3.16. The third-order valence-corrected chi connectivity index (χ3v) is 9.17. The fourth-order valence-corrected chi connectivity index (χ4v) is 6.92. The molecule has 1 fully saturated rings. The van der Waals surface area contributed by atoms with E-state index in [1.165, 1.54) is 6.92 Å². The molecule has 0 bridgehead atoms. The zero-order valence-electron chi connectivity index (χ0n) is 24.0. The van der Waals surface area contributed by atoms with Crippen molar-refractivity contribution in [3.63, 3.8) is 0 Å². The Morgan fingerprint density at radius 2 is 1.70 bits per heavy atom. The molecule has 0 radical (unpaired) electrons. The molecule has 1 saturated heterocycles. The fraction of sp³-hybridized carbons (Fsp3) is 0.750. The predicted molar refractivity (Wildman–Crippen MR) is 152 cm³/mol. The van der Waals surface area contributed by atoms with Gasteiger partial charge in [-0.15, -0.1) is 0 Å². The number of imide groups is 1. The van der Waals surface area contributed by atoms with Gasteiger partial charge in [-0.25, -0.2) is 0 Å². The van der Waals surface area contributed by atoms with Gasteiger partial charge in [0.1, 0.15) is 0 Å². The molecule has 3 atom stereocenters. The molecular weight excluding hydrogens is 583 g/mol. The van der Waals surface area contributed by atoms with E-state index < -0.39 is 60.9 Å². The minimum absolute atomic E-state index is 0.0297. The van der Waals surface area contributed by atoms with Gasteiger partial charge < -0.3 is 0 Å². The number of aliphatic hydroxyl groups excluding tert-OH is 1. The number of amides is 4. The maximum atomic E-state index is 13.7. The summed E-state index contributed by atoms with van der Waals surface area (Å²) < 4.78 is 3.86. The molecule has 3 unspecified atom stereocenters. The molecule has 228 valence electrons. The first kappa shape index (κ1) is 36.1. The van der Waals surface area contributed by atoms with Crippen LogP contribution in [0.1, 0.15) is 80.6 Å². The number of nitrogens with one attached hydrogen (secondary N) is 3. The Morgan fingerprint density at radius 3 is 2.20 bits per heavy atom. The van der Waals surface area contributed by atoms with Gasteiger partial charge in [-0.05, 0) is 0 Å². The molecule has 0 aliphatic carbocycles. The molecule has 4 N–H and O–H groups in total. The molecule has 1 rings (SSSR count). The van der Waals surface area contributed by atoms with E-state index in [1.54, 1.807) is 41.5 Å². The first-order chi connectivity index (χ1) is 18.3. The van der Waals surface area contributed by atoms with Crippen LogP contribution in [0.3, 0.4) is 0 Å². The third kappa shape index (κ3) is 11.5. The minimum atomic E-state index is -1.53. The maximum absolute atomic E-state index is 13.7. The van der Waals surface area contributed by atoms with Gasteiger partial charge in [0.2, 0.25) is 0 Å². The molecule has 40 heavy (non-hydrogen) atoms. The topological polar surface area (TPSA) is 180 Å². The fourth-order valence-electron chi connectivity index (χ4n) is 3.56. The zero-order chi connectivity index (χ0) is 30.9. The summed E-state index contributed by atoms with van der Waals surface area (Å²) in [6.45, 7) is 11.7. The van der Waals surface area contributed by atoms with Crippen molar-refractivity contribution in [3.05, 3.63) is 0 Å². The molecule has 0 aromatic rings. The Kier molecular flexibility index (Phi) is 13.8. The van der Waals surface area contributed by atoms with Crippen molar-refractivity contribution in [2.45, 2.75) is 97.0 Å². The summed E-state index contributed by atoms with van der Waals surface area (Å²) in [5.74, 6) is -2.34. The number of hydrogen-bond acceptors (Lipinski definition) is 12. The Morgan fingerprint density at radius 1 is 1.12 bits per heavy atom. The Hall–Kier alpha value is -1.93. The molecule has 0 saturated carbocycles. The van der Waals surface area contributed by atoms with E-state index in [9.17, 15) is 33.9 Å². The van der Waals surface area contributed by atoms with Crippen LogP contribution in [-0.2, 0) is 43.6 Å². The summed E-state index contributed by atoms with van der Waals surface area (Å²) in [6, 6.07) is 0. The van der Waals surface area contributed by atoms with E-state index in [0.717, 1.165) is 11.8 Å². The number of carbonyl (C=O) groups is 6. The van der Waals surface area contributed by atoms with Gasteiger partial charge >= 0.3 is 243 Å². The zero-order valence-corrected chi connectivity index (χ0v) is 26.5. The molecule has 4 amide bonds. The van der Waals surface area contributed by atoms with Crippen LogP contribution in [0.4, 0.5) is 4.79 Å². The predicted octanol–water partition coefficient (Wildman–Crippen LogP) is 2.19. The number of thioether (sulfide) groups is 1. The van der Waals surface area contributed by atoms with Crippen molar-refractivity contribution in [1.29, 1.82) is 0 Å². The first-order valence-electron chi connectivity index (χ1n) is 12.7. The Bertz CT molecular complexity index is 1060. The van der Waals surface area contributed by atoms with Crippen molar-refractivity contribution < 1.29 is 43.4 Å². The molecule has 0 aromatic heterocycles. The summed E-state index contributed by atoms with van der Waals surface area (Å²) in [7, 11) is 2.81. The number of carbonyl (C=O) groups excluding carboxylic acids is 6. The van der Waals surface area contributed by atoms with Crippen molar-refractivity contribution in [2.24, 2.45) is 5.41 Å². The van der Waals surface area contributed by atoms with E-state index in [0.29, 0.717) is 11.5 Å². The van der Waals surface area contributed by atoms with Crippen LogP contribution in [0, 0.1) is 5.41 Å².